The maximum atomic E-state index is 12.9. The zero-order valence-corrected chi connectivity index (χ0v) is 9.54. The third-order valence-corrected chi connectivity index (χ3v) is 2.67. The Labute approximate surface area is 103 Å². The monoisotopic (exact) mass is 248 g/mol. The summed E-state index contributed by atoms with van der Waals surface area (Å²) in [7, 11) is 0. The molecule has 18 heavy (non-hydrogen) atoms. The summed E-state index contributed by atoms with van der Waals surface area (Å²) in [4.78, 5) is 0. The Balaban J connectivity index is 2.66. The van der Waals surface area contributed by atoms with Crippen LogP contribution in [0.15, 0.2) is 55.1 Å². The van der Waals surface area contributed by atoms with Crippen molar-refractivity contribution in [3.63, 3.8) is 0 Å². The summed E-state index contributed by atoms with van der Waals surface area (Å²) >= 11 is 0. The zero-order chi connectivity index (χ0) is 13.2. The first-order chi connectivity index (χ1) is 8.52. The fraction of sp³-hybridized carbons (Fsp3) is 0.0667. The van der Waals surface area contributed by atoms with Crippen molar-refractivity contribution in [2.24, 2.45) is 0 Å². The molecule has 92 valence electrons. The van der Waals surface area contributed by atoms with Crippen LogP contribution in [-0.2, 0) is 6.18 Å². The van der Waals surface area contributed by atoms with Crippen molar-refractivity contribution >= 4 is 6.08 Å². The SMILES string of the molecule is C=Cc1ccc(C(F)(F)F)c(-c2ccccc2)c1. The van der Waals surface area contributed by atoms with Gasteiger partial charge in [0, 0.05) is 0 Å². The van der Waals surface area contributed by atoms with Crippen LogP contribution in [-0.4, -0.2) is 0 Å². The maximum absolute atomic E-state index is 12.9. The van der Waals surface area contributed by atoms with Crippen LogP contribution in [0.3, 0.4) is 0 Å². The molecule has 0 fully saturated rings. The van der Waals surface area contributed by atoms with Crippen LogP contribution in [0.1, 0.15) is 11.1 Å². The van der Waals surface area contributed by atoms with E-state index in [1.165, 1.54) is 18.2 Å². The van der Waals surface area contributed by atoms with E-state index in [-0.39, 0.29) is 5.56 Å². The van der Waals surface area contributed by atoms with Gasteiger partial charge in [-0.15, -0.1) is 0 Å². The van der Waals surface area contributed by atoms with E-state index in [0.717, 1.165) is 6.07 Å². The lowest BCUT2D eigenvalue weighted by Gasteiger charge is -2.13. The van der Waals surface area contributed by atoms with Crippen molar-refractivity contribution in [1.82, 2.24) is 0 Å². The summed E-state index contributed by atoms with van der Waals surface area (Å²) in [6, 6.07) is 12.6. The van der Waals surface area contributed by atoms with Crippen LogP contribution >= 0.6 is 0 Å². The Hall–Kier alpha value is -2.03. The lowest BCUT2D eigenvalue weighted by molar-refractivity contribution is -0.137. The fourth-order valence-electron chi connectivity index (χ4n) is 1.79. The average Bonchev–Trinajstić information content (AvgIpc) is 2.38. The molecule has 2 aromatic carbocycles. The van der Waals surface area contributed by atoms with E-state index >= 15 is 0 Å². The van der Waals surface area contributed by atoms with Crippen LogP contribution in [0.25, 0.3) is 17.2 Å². The normalized spacial score (nSPS) is 11.3. The first kappa shape index (κ1) is 12.4. The second kappa shape index (κ2) is 4.69. The Bertz CT molecular complexity index is 554. The molecular formula is C15H11F3. The molecule has 0 aliphatic heterocycles. The summed E-state index contributed by atoms with van der Waals surface area (Å²) in [5.74, 6) is 0. The minimum atomic E-state index is -4.36. The summed E-state index contributed by atoms with van der Waals surface area (Å²) in [6.07, 6.45) is -2.82. The molecule has 0 N–H and O–H groups in total. The van der Waals surface area contributed by atoms with Crippen molar-refractivity contribution < 1.29 is 13.2 Å². The summed E-state index contributed by atoms with van der Waals surface area (Å²) in [5, 5.41) is 0. The van der Waals surface area contributed by atoms with Crippen LogP contribution in [0.5, 0.6) is 0 Å². The third kappa shape index (κ3) is 2.45. The lowest BCUT2D eigenvalue weighted by Crippen LogP contribution is -2.07. The zero-order valence-electron chi connectivity index (χ0n) is 9.54. The van der Waals surface area contributed by atoms with Crippen molar-refractivity contribution in [3.05, 3.63) is 66.2 Å². The van der Waals surface area contributed by atoms with E-state index in [4.69, 9.17) is 0 Å². The van der Waals surface area contributed by atoms with Gasteiger partial charge in [-0.3, -0.25) is 0 Å². The van der Waals surface area contributed by atoms with E-state index in [2.05, 4.69) is 6.58 Å². The minimum Gasteiger partial charge on any atom is -0.166 e. The summed E-state index contributed by atoms with van der Waals surface area (Å²) in [6.45, 7) is 3.58. The minimum absolute atomic E-state index is 0.181. The third-order valence-electron chi connectivity index (χ3n) is 2.67. The highest BCUT2D eigenvalue weighted by molar-refractivity contribution is 5.71. The van der Waals surface area contributed by atoms with Gasteiger partial charge in [0.15, 0.2) is 0 Å². The van der Waals surface area contributed by atoms with Crippen LogP contribution in [0, 0.1) is 0 Å². The van der Waals surface area contributed by atoms with Crippen LogP contribution in [0.2, 0.25) is 0 Å². The van der Waals surface area contributed by atoms with Gasteiger partial charge >= 0.3 is 6.18 Å². The predicted molar refractivity (Wildman–Crippen MR) is 67.0 cm³/mol. The number of hydrogen-bond acceptors (Lipinski definition) is 0. The van der Waals surface area contributed by atoms with E-state index in [1.54, 1.807) is 30.3 Å². The Kier molecular flexibility index (Phi) is 3.24. The van der Waals surface area contributed by atoms with E-state index < -0.39 is 11.7 Å². The van der Waals surface area contributed by atoms with E-state index in [9.17, 15) is 13.2 Å². The molecule has 0 nitrogen and oxygen atoms in total. The molecule has 3 heteroatoms. The lowest BCUT2D eigenvalue weighted by atomic mass is 9.97. The molecule has 0 unspecified atom stereocenters. The molecule has 0 aromatic heterocycles. The molecule has 0 saturated carbocycles. The summed E-state index contributed by atoms with van der Waals surface area (Å²) in [5.41, 5.74) is 0.773. The van der Waals surface area contributed by atoms with Crippen molar-refractivity contribution in [1.29, 1.82) is 0 Å². The fourth-order valence-corrected chi connectivity index (χ4v) is 1.79. The van der Waals surface area contributed by atoms with Gasteiger partial charge < -0.3 is 0 Å². The molecule has 0 saturated heterocycles. The smallest absolute Gasteiger partial charge is 0.166 e. The Morgan fingerprint density at radius 1 is 0.944 bits per heavy atom. The number of halogens is 3. The molecule has 0 spiro atoms. The molecule has 0 radical (unpaired) electrons. The second-order valence-electron chi connectivity index (χ2n) is 3.87. The first-order valence-electron chi connectivity index (χ1n) is 5.41. The largest absolute Gasteiger partial charge is 0.417 e. The van der Waals surface area contributed by atoms with Gasteiger partial charge in [-0.2, -0.15) is 13.2 Å². The molecule has 0 bridgehead atoms. The standard InChI is InChI=1S/C15H11F3/c1-2-11-8-9-14(15(16,17)18)13(10-11)12-6-4-3-5-7-12/h2-10H,1H2. The van der Waals surface area contributed by atoms with Crippen LogP contribution in [0.4, 0.5) is 13.2 Å². The highest BCUT2D eigenvalue weighted by atomic mass is 19.4. The molecule has 0 aliphatic rings. The van der Waals surface area contributed by atoms with Crippen molar-refractivity contribution in [3.8, 4) is 11.1 Å². The maximum Gasteiger partial charge on any atom is 0.417 e. The number of hydrogen-bond donors (Lipinski definition) is 0. The Morgan fingerprint density at radius 3 is 2.17 bits per heavy atom. The topological polar surface area (TPSA) is 0 Å². The molecular weight excluding hydrogens is 237 g/mol. The van der Waals surface area contributed by atoms with Crippen molar-refractivity contribution in [2.75, 3.05) is 0 Å². The van der Waals surface area contributed by atoms with E-state index in [0.29, 0.717) is 11.1 Å². The van der Waals surface area contributed by atoms with Crippen LogP contribution < -0.4 is 0 Å². The highest BCUT2D eigenvalue weighted by Gasteiger charge is 2.33. The van der Waals surface area contributed by atoms with Gasteiger partial charge in [-0.25, -0.2) is 0 Å². The van der Waals surface area contributed by atoms with Gasteiger partial charge in [0.05, 0.1) is 5.56 Å². The molecule has 0 amide bonds. The summed E-state index contributed by atoms with van der Waals surface area (Å²) < 4.78 is 38.8. The van der Waals surface area contributed by atoms with Gasteiger partial charge in [0.25, 0.3) is 0 Å². The molecule has 0 aliphatic carbocycles. The van der Waals surface area contributed by atoms with Gasteiger partial charge in [0.1, 0.15) is 0 Å². The average molecular weight is 248 g/mol. The quantitative estimate of drug-likeness (QED) is 0.700. The van der Waals surface area contributed by atoms with Gasteiger partial charge in [-0.05, 0) is 28.8 Å². The number of rotatable bonds is 2. The Morgan fingerprint density at radius 2 is 1.61 bits per heavy atom. The van der Waals surface area contributed by atoms with Gasteiger partial charge in [-0.1, -0.05) is 49.1 Å². The first-order valence-corrected chi connectivity index (χ1v) is 5.41. The highest BCUT2D eigenvalue weighted by Crippen LogP contribution is 2.37. The second-order valence-corrected chi connectivity index (χ2v) is 3.87. The van der Waals surface area contributed by atoms with E-state index in [1.807, 2.05) is 0 Å². The number of alkyl halides is 3. The molecule has 2 rings (SSSR count). The van der Waals surface area contributed by atoms with Gasteiger partial charge in [0.2, 0.25) is 0 Å². The van der Waals surface area contributed by atoms with Crippen molar-refractivity contribution in [2.45, 2.75) is 6.18 Å². The molecule has 2 aromatic rings. The molecule has 0 heterocycles. The molecule has 0 atom stereocenters. The predicted octanol–water partition coefficient (Wildman–Crippen LogP) is 5.02. The number of benzene rings is 2.